The van der Waals surface area contributed by atoms with Gasteiger partial charge in [0.05, 0.1) is 66.2 Å². The maximum Gasteiger partial charge on any atom is 0.343 e. The second kappa shape index (κ2) is 21.4. The van der Waals surface area contributed by atoms with Gasteiger partial charge in [-0.2, -0.15) is 0 Å². The molecule has 4 heterocycles. The van der Waals surface area contributed by atoms with Crippen LogP contribution < -0.4 is 37.5 Å². The summed E-state index contributed by atoms with van der Waals surface area (Å²) in [5.74, 6) is -6.87. The lowest BCUT2D eigenvalue weighted by Gasteiger charge is -2.31. The smallest absolute Gasteiger partial charge is 0.343 e. The number of nitrogens with one attached hydrogen (secondary N) is 6. The number of halogens is 1. The Morgan fingerprint density at radius 2 is 1.64 bits per heavy atom. The van der Waals surface area contributed by atoms with Crippen molar-refractivity contribution in [1.82, 2.24) is 41.5 Å². The summed E-state index contributed by atoms with van der Waals surface area (Å²) in [7, 11) is 0. The van der Waals surface area contributed by atoms with Crippen molar-refractivity contribution in [3.05, 3.63) is 97.6 Å². The monoisotopic (exact) mass is 972 g/mol. The molecule has 3 aliphatic rings. The van der Waals surface area contributed by atoms with Gasteiger partial charge in [0.1, 0.15) is 31.8 Å². The third-order valence-corrected chi connectivity index (χ3v) is 12.9. The van der Waals surface area contributed by atoms with Gasteiger partial charge in [-0.15, -0.1) is 11.8 Å². The lowest BCUT2D eigenvalue weighted by molar-refractivity contribution is -0.172. The molecule has 8 N–H and O–H groups in total. The SMILES string of the molecule is CC[C@@]1(O)C(=O)OCc2c1cc1n(c2=O)Cc2c-1nc1cc(F)c(C)c3c1c2[C@@H](NC(=O)COCNC(=O)CNC(=O)[C@H](Cc1ccccc1)NC(=O)CNC(=O)CNC(=O)CSCC(=O)O)CC3. The minimum Gasteiger partial charge on any atom is -0.481 e. The number of aliphatic carboxylic acids is 1. The average molecular weight is 973 g/mol. The summed E-state index contributed by atoms with van der Waals surface area (Å²) >= 11 is 0.849. The Morgan fingerprint density at radius 1 is 0.928 bits per heavy atom. The van der Waals surface area contributed by atoms with Crippen LogP contribution in [0.25, 0.3) is 22.3 Å². The van der Waals surface area contributed by atoms with Crippen molar-refractivity contribution in [2.75, 3.05) is 44.5 Å². The molecule has 23 heteroatoms. The molecule has 0 unspecified atom stereocenters. The summed E-state index contributed by atoms with van der Waals surface area (Å²) in [5, 5.41) is 35.7. The number of esters is 1. The second-order valence-electron chi connectivity index (χ2n) is 16.5. The van der Waals surface area contributed by atoms with Crippen molar-refractivity contribution in [2.24, 2.45) is 0 Å². The summed E-state index contributed by atoms with van der Waals surface area (Å²) in [4.78, 5) is 118. The number of carbonyl (C=O) groups excluding carboxylic acids is 7. The normalized spacial score (nSPS) is 16.8. The quantitative estimate of drug-likeness (QED) is 0.0280. The van der Waals surface area contributed by atoms with Crippen molar-refractivity contribution in [3.63, 3.8) is 0 Å². The number of thioether (sulfide) groups is 1. The van der Waals surface area contributed by atoms with Crippen molar-refractivity contribution in [1.29, 1.82) is 0 Å². The Labute approximate surface area is 396 Å². The molecular weight excluding hydrogens is 924 g/mol. The molecule has 69 heavy (non-hydrogen) atoms. The number of pyridine rings is 2. The van der Waals surface area contributed by atoms with Crippen LogP contribution >= 0.6 is 11.8 Å². The van der Waals surface area contributed by atoms with Gasteiger partial charge in [0.15, 0.2) is 5.60 Å². The lowest BCUT2D eigenvalue weighted by atomic mass is 9.81. The molecule has 2 aromatic heterocycles. The van der Waals surface area contributed by atoms with Crippen LogP contribution in [-0.2, 0) is 79.4 Å². The Kier molecular flexibility index (Phi) is 15.4. The minimum absolute atomic E-state index is 0.0291. The third-order valence-electron chi connectivity index (χ3n) is 12.0. The number of amides is 6. The lowest BCUT2D eigenvalue weighted by Crippen LogP contribution is -2.52. The first-order valence-electron chi connectivity index (χ1n) is 21.9. The van der Waals surface area contributed by atoms with Crippen molar-refractivity contribution >= 4 is 70.0 Å². The van der Waals surface area contributed by atoms with Gasteiger partial charge >= 0.3 is 11.9 Å². The molecule has 6 amide bonds. The van der Waals surface area contributed by atoms with Crippen LogP contribution in [0.4, 0.5) is 4.39 Å². The number of aryl methyl sites for hydroxylation is 1. The number of carboxylic acid groups (broad SMARTS) is 1. The van der Waals surface area contributed by atoms with E-state index in [-0.39, 0.29) is 48.6 Å². The first-order valence-corrected chi connectivity index (χ1v) is 23.0. The molecular formula is C46H49FN8O13S. The third kappa shape index (κ3) is 11.1. The van der Waals surface area contributed by atoms with Gasteiger partial charge in [0, 0.05) is 29.0 Å². The molecule has 364 valence electrons. The van der Waals surface area contributed by atoms with Crippen LogP contribution in [0.5, 0.6) is 0 Å². The summed E-state index contributed by atoms with van der Waals surface area (Å²) in [6, 6.07) is 9.76. The van der Waals surface area contributed by atoms with Gasteiger partial charge in [-0.1, -0.05) is 37.3 Å². The molecule has 3 atom stereocenters. The van der Waals surface area contributed by atoms with Gasteiger partial charge < -0.3 is 56.2 Å². The number of rotatable bonds is 20. The standard InChI is InChI=1S/C46H49FN8O13S/c1-3-46(66)28-12-33-42-26(17-55(33)44(64)27(28)18-68-45(46)65)41-30(10-9-25-23(2)29(47)13-31(54-42)40(25)41)52-37(59)19-67-22-51-35(57)15-50-43(63)32(11-24-7-5-4-6-8-24)53-36(58)16-48-34(56)14-49-38(60)20-69-21-39(61)62/h4-8,12-13,30,32,66H,3,9-11,14-22H2,1-2H3,(H,48,56)(H,49,60)(H,50,63)(H,51,57)(H,52,59)(H,53,58)(H,61,62)/t30-,32-,46-/m0/s1. The molecule has 0 fully saturated rings. The molecule has 7 rings (SSSR count). The molecule has 1 aliphatic carbocycles. The molecule has 0 bridgehead atoms. The van der Waals surface area contributed by atoms with E-state index in [0.29, 0.717) is 57.4 Å². The zero-order valence-corrected chi connectivity index (χ0v) is 38.3. The number of carbonyl (C=O) groups is 8. The first-order chi connectivity index (χ1) is 33.0. The highest BCUT2D eigenvalue weighted by molar-refractivity contribution is 8.00. The summed E-state index contributed by atoms with van der Waals surface area (Å²) in [6.45, 7) is 0.535. The summed E-state index contributed by atoms with van der Waals surface area (Å²) < 4.78 is 27.5. The number of aromatic nitrogens is 2. The van der Waals surface area contributed by atoms with Crippen LogP contribution in [0.2, 0.25) is 0 Å². The van der Waals surface area contributed by atoms with E-state index in [9.17, 15) is 48.3 Å². The Balaban J connectivity index is 0.934. The molecule has 0 saturated heterocycles. The summed E-state index contributed by atoms with van der Waals surface area (Å²) in [5.41, 5.74) is 1.82. The van der Waals surface area contributed by atoms with Crippen LogP contribution in [-0.4, -0.2) is 118 Å². The Hall–Kier alpha value is -7.24. The van der Waals surface area contributed by atoms with Gasteiger partial charge in [0.25, 0.3) is 5.56 Å². The predicted molar refractivity (Wildman–Crippen MR) is 243 cm³/mol. The fraction of sp³-hybridized carbons (Fsp3) is 0.391. The predicted octanol–water partition coefficient (Wildman–Crippen LogP) is -0.385. The fourth-order valence-corrected chi connectivity index (χ4v) is 9.13. The van der Waals surface area contributed by atoms with E-state index in [1.807, 2.05) is 0 Å². The number of ether oxygens (including phenoxy) is 2. The maximum absolute atomic E-state index is 15.3. The molecule has 2 aromatic carbocycles. The van der Waals surface area contributed by atoms with E-state index in [0.717, 1.165) is 17.3 Å². The van der Waals surface area contributed by atoms with E-state index in [4.69, 9.17) is 19.6 Å². The minimum atomic E-state index is -2.05. The number of aliphatic hydroxyl groups is 1. The van der Waals surface area contributed by atoms with E-state index < -0.39 is 109 Å². The molecule has 0 radical (unpaired) electrons. The second-order valence-corrected chi connectivity index (χ2v) is 17.5. The zero-order chi connectivity index (χ0) is 49.6. The topological polar surface area (TPSA) is 303 Å². The van der Waals surface area contributed by atoms with E-state index in [2.05, 4.69) is 31.9 Å². The van der Waals surface area contributed by atoms with Crippen LogP contribution in [0, 0.1) is 12.7 Å². The van der Waals surface area contributed by atoms with Gasteiger partial charge in [0.2, 0.25) is 35.4 Å². The van der Waals surface area contributed by atoms with E-state index >= 15 is 4.39 Å². The fourth-order valence-electron chi connectivity index (χ4n) is 8.57. The number of hydrogen-bond donors (Lipinski definition) is 8. The van der Waals surface area contributed by atoms with Crippen molar-refractivity contribution in [2.45, 2.75) is 70.4 Å². The first kappa shape index (κ1) is 49.7. The molecule has 21 nitrogen and oxygen atoms in total. The average Bonchev–Trinajstić information content (AvgIpc) is 3.70. The number of carboxylic acids is 1. The largest absolute Gasteiger partial charge is 0.481 e. The molecule has 4 aromatic rings. The highest BCUT2D eigenvalue weighted by atomic mass is 32.2. The molecule has 0 spiro atoms. The van der Waals surface area contributed by atoms with Crippen LogP contribution in [0.1, 0.15) is 64.8 Å². The molecule has 0 saturated carbocycles. The zero-order valence-electron chi connectivity index (χ0n) is 37.5. The number of hydrogen-bond acceptors (Lipinski definition) is 14. The number of fused-ring (bicyclic) bond motifs is 5. The Bertz CT molecular complexity index is 2820. The van der Waals surface area contributed by atoms with Gasteiger partial charge in [-0.25, -0.2) is 14.2 Å². The summed E-state index contributed by atoms with van der Waals surface area (Å²) in [6.07, 6.45) is 0.744. The van der Waals surface area contributed by atoms with Crippen LogP contribution in [0.15, 0.2) is 47.3 Å². The van der Waals surface area contributed by atoms with Gasteiger partial charge in [-0.05, 0) is 54.5 Å². The highest BCUT2D eigenvalue weighted by Crippen LogP contribution is 2.46. The number of benzene rings is 2. The van der Waals surface area contributed by atoms with Crippen molar-refractivity contribution in [3.8, 4) is 11.4 Å². The van der Waals surface area contributed by atoms with E-state index in [1.165, 1.54) is 10.6 Å². The van der Waals surface area contributed by atoms with Crippen LogP contribution in [0.3, 0.4) is 0 Å². The number of cyclic esters (lactones) is 1. The van der Waals surface area contributed by atoms with Crippen molar-refractivity contribution < 1.29 is 62.4 Å². The number of nitrogens with zero attached hydrogens (tertiary/aromatic N) is 2. The maximum atomic E-state index is 15.3. The highest BCUT2D eigenvalue weighted by Gasteiger charge is 2.46. The van der Waals surface area contributed by atoms with E-state index in [1.54, 1.807) is 50.2 Å². The Morgan fingerprint density at radius 3 is 2.38 bits per heavy atom. The van der Waals surface area contributed by atoms with Gasteiger partial charge in [-0.3, -0.25) is 38.4 Å². The molecule has 2 aliphatic heterocycles.